The van der Waals surface area contributed by atoms with Crippen LogP contribution in [0, 0.1) is 5.92 Å². The van der Waals surface area contributed by atoms with Crippen LogP contribution >= 0.6 is 12.4 Å². The van der Waals surface area contributed by atoms with Crippen molar-refractivity contribution >= 4 is 29.9 Å². The lowest BCUT2D eigenvalue weighted by Crippen LogP contribution is -2.46. The zero-order valence-corrected chi connectivity index (χ0v) is 17.2. The maximum absolute atomic E-state index is 12.0. The van der Waals surface area contributed by atoms with E-state index in [2.05, 4.69) is 44.7 Å². The van der Waals surface area contributed by atoms with Gasteiger partial charge in [-0.15, -0.1) is 12.4 Å². The molecular formula is C21H31ClN4O2. The summed E-state index contributed by atoms with van der Waals surface area (Å²) in [4.78, 5) is 28.4. The molecule has 3 aliphatic rings. The largest absolute Gasteiger partial charge is 0.372 e. The van der Waals surface area contributed by atoms with Crippen LogP contribution in [0.15, 0.2) is 24.3 Å². The third-order valence-corrected chi connectivity index (χ3v) is 6.24. The lowest BCUT2D eigenvalue weighted by molar-refractivity contribution is -0.134. The number of hydrogen-bond acceptors (Lipinski definition) is 5. The highest BCUT2D eigenvalue weighted by Crippen LogP contribution is 2.29. The summed E-state index contributed by atoms with van der Waals surface area (Å²) in [7, 11) is 0. The number of piperidine rings is 2. The quantitative estimate of drug-likeness (QED) is 0.746. The van der Waals surface area contributed by atoms with Crippen LogP contribution in [0.3, 0.4) is 0 Å². The number of nitrogens with one attached hydrogen (secondary N) is 2. The zero-order valence-electron chi connectivity index (χ0n) is 16.4. The van der Waals surface area contributed by atoms with Crippen LogP contribution in [0.4, 0.5) is 5.69 Å². The van der Waals surface area contributed by atoms with E-state index in [1.807, 2.05) is 0 Å². The number of anilines is 1. The van der Waals surface area contributed by atoms with Gasteiger partial charge in [0.2, 0.25) is 11.8 Å². The first-order valence-corrected chi connectivity index (χ1v) is 10.3. The van der Waals surface area contributed by atoms with Crippen LogP contribution < -0.4 is 15.5 Å². The van der Waals surface area contributed by atoms with Crippen LogP contribution in [0.5, 0.6) is 0 Å². The van der Waals surface area contributed by atoms with E-state index in [1.54, 1.807) is 0 Å². The molecule has 0 saturated carbocycles. The van der Waals surface area contributed by atoms with Crippen molar-refractivity contribution in [1.29, 1.82) is 0 Å². The molecule has 0 aliphatic carbocycles. The standard InChI is InChI=1S/C21H30N4O2.ClH/c26-20-6-5-19(21(27)23-20)17-1-3-18(4-2-17)25-11-7-16(8-12-25)15-24-13-9-22-10-14-24;/h1-4,16,19,22H,5-15H2,(H,23,26,27);1H. The Balaban J connectivity index is 0.00000225. The van der Waals surface area contributed by atoms with E-state index in [0.29, 0.717) is 12.8 Å². The molecule has 1 aromatic rings. The predicted molar refractivity (Wildman–Crippen MR) is 113 cm³/mol. The Hall–Kier alpha value is -1.63. The van der Waals surface area contributed by atoms with Crippen LogP contribution in [0.25, 0.3) is 0 Å². The first kappa shape index (κ1) is 21.1. The van der Waals surface area contributed by atoms with Crippen molar-refractivity contribution < 1.29 is 9.59 Å². The van der Waals surface area contributed by atoms with Gasteiger partial charge >= 0.3 is 0 Å². The molecule has 2 amide bonds. The fraction of sp³-hybridized carbons (Fsp3) is 0.619. The van der Waals surface area contributed by atoms with Gasteiger partial charge in [-0.2, -0.15) is 0 Å². The lowest BCUT2D eigenvalue weighted by Gasteiger charge is -2.37. The smallest absolute Gasteiger partial charge is 0.234 e. The number of benzene rings is 1. The highest BCUT2D eigenvalue weighted by Gasteiger charge is 2.28. The number of nitrogens with zero attached hydrogens (tertiary/aromatic N) is 2. The van der Waals surface area contributed by atoms with E-state index in [4.69, 9.17) is 0 Å². The maximum atomic E-state index is 12.0. The molecule has 3 saturated heterocycles. The molecule has 1 atom stereocenters. The van der Waals surface area contributed by atoms with Gasteiger partial charge in [0.15, 0.2) is 0 Å². The normalized spacial score (nSPS) is 24.6. The summed E-state index contributed by atoms with van der Waals surface area (Å²) in [6.45, 7) is 8.06. The Morgan fingerprint density at radius 2 is 1.61 bits per heavy atom. The summed E-state index contributed by atoms with van der Waals surface area (Å²) in [5.74, 6) is 0.299. The average molecular weight is 407 g/mol. The van der Waals surface area contributed by atoms with E-state index in [0.717, 1.165) is 37.7 Å². The summed E-state index contributed by atoms with van der Waals surface area (Å²) in [6, 6.07) is 8.38. The lowest BCUT2D eigenvalue weighted by atomic mass is 9.90. The minimum Gasteiger partial charge on any atom is -0.372 e. The number of halogens is 1. The number of amides is 2. The Kier molecular flexibility index (Phi) is 7.32. The molecule has 6 nitrogen and oxygen atoms in total. The number of imide groups is 1. The van der Waals surface area contributed by atoms with Gasteiger partial charge in [-0.25, -0.2) is 0 Å². The molecular weight excluding hydrogens is 376 g/mol. The Bertz CT molecular complexity index is 667. The first-order valence-electron chi connectivity index (χ1n) is 10.3. The van der Waals surface area contributed by atoms with Gasteiger partial charge < -0.3 is 15.1 Å². The molecule has 0 spiro atoms. The predicted octanol–water partition coefficient (Wildman–Crippen LogP) is 1.75. The molecule has 3 aliphatic heterocycles. The van der Waals surface area contributed by atoms with Gasteiger partial charge in [0, 0.05) is 57.9 Å². The van der Waals surface area contributed by atoms with Gasteiger partial charge in [-0.05, 0) is 42.9 Å². The SMILES string of the molecule is Cl.O=C1CCC(c2ccc(N3CCC(CN4CCNCC4)CC3)cc2)C(=O)N1. The van der Waals surface area contributed by atoms with E-state index < -0.39 is 0 Å². The molecule has 0 aromatic heterocycles. The second-order valence-corrected chi connectivity index (χ2v) is 8.08. The highest BCUT2D eigenvalue weighted by atomic mass is 35.5. The summed E-state index contributed by atoms with van der Waals surface area (Å²) in [6.07, 6.45) is 3.54. The van der Waals surface area contributed by atoms with Crippen molar-refractivity contribution in [3.05, 3.63) is 29.8 Å². The van der Waals surface area contributed by atoms with E-state index >= 15 is 0 Å². The van der Waals surface area contributed by atoms with Crippen LogP contribution in [-0.4, -0.2) is 62.5 Å². The van der Waals surface area contributed by atoms with E-state index in [-0.39, 0.29) is 30.1 Å². The first-order chi connectivity index (χ1) is 13.2. The zero-order chi connectivity index (χ0) is 18.6. The Morgan fingerprint density at radius 3 is 2.25 bits per heavy atom. The van der Waals surface area contributed by atoms with Gasteiger partial charge in [-0.3, -0.25) is 14.9 Å². The van der Waals surface area contributed by atoms with Crippen molar-refractivity contribution in [1.82, 2.24) is 15.5 Å². The van der Waals surface area contributed by atoms with Crippen LogP contribution in [0.2, 0.25) is 0 Å². The number of hydrogen-bond donors (Lipinski definition) is 2. The second kappa shape index (κ2) is 9.72. The van der Waals surface area contributed by atoms with Crippen molar-refractivity contribution in [3.8, 4) is 0 Å². The number of rotatable bonds is 4. The van der Waals surface area contributed by atoms with Crippen molar-refractivity contribution in [2.24, 2.45) is 5.92 Å². The summed E-state index contributed by atoms with van der Waals surface area (Å²) in [5, 5.41) is 5.87. The monoisotopic (exact) mass is 406 g/mol. The van der Waals surface area contributed by atoms with Gasteiger partial charge in [0.25, 0.3) is 0 Å². The summed E-state index contributed by atoms with van der Waals surface area (Å²) < 4.78 is 0. The van der Waals surface area contributed by atoms with Crippen molar-refractivity contribution in [2.45, 2.75) is 31.6 Å². The van der Waals surface area contributed by atoms with Crippen molar-refractivity contribution in [3.63, 3.8) is 0 Å². The fourth-order valence-corrected chi connectivity index (χ4v) is 4.56. The maximum Gasteiger partial charge on any atom is 0.234 e. The van der Waals surface area contributed by atoms with Gasteiger partial charge in [0.1, 0.15) is 0 Å². The third kappa shape index (κ3) is 5.04. The minimum absolute atomic E-state index is 0. The molecule has 0 radical (unpaired) electrons. The molecule has 4 rings (SSSR count). The third-order valence-electron chi connectivity index (χ3n) is 6.24. The Morgan fingerprint density at radius 1 is 0.929 bits per heavy atom. The van der Waals surface area contributed by atoms with Gasteiger partial charge in [0.05, 0.1) is 5.92 Å². The van der Waals surface area contributed by atoms with Crippen LogP contribution in [0.1, 0.15) is 37.2 Å². The molecule has 1 unspecified atom stereocenters. The van der Waals surface area contributed by atoms with E-state index in [9.17, 15) is 9.59 Å². The molecule has 7 heteroatoms. The van der Waals surface area contributed by atoms with Crippen molar-refractivity contribution in [2.75, 3.05) is 50.7 Å². The number of carbonyl (C=O) groups is 2. The average Bonchev–Trinajstić information content (AvgIpc) is 2.70. The summed E-state index contributed by atoms with van der Waals surface area (Å²) >= 11 is 0. The summed E-state index contributed by atoms with van der Waals surface area (Å²) in [5.41, 5.74) is 2.25. The molecule has 3 heterocycles. The van der Waals surface area contributed by atoms with Crippen LogP contribution in [-0.2, 0) is 9.59 Å². The molecule has 28 heavy (non-hydrogen) atoms. The topological polar surface area (TPSA) is 64.7 Å². The number of piperazine rings is 1. The molecule has 2 N–H and O–H groups in total. The van der Waals surface area contributed by atoms with Gasteiger partial charge in [-0.1, -0.05) is 12.1 Å². The molecule has 3 fully saturated rings. The highest BCUT2D eigenvalue weighted by molar-refractivity contribution is 6.00. The second-order valence-electron chi connectivity index (χ2n) is 8.08. The fourth-order valence-electron chi connectivity index (χ4n) is 4.56. The minimum atomic E-state index is -0.193. The number of carbonyl (C=O) groups excluding carboxylic acids is 2. The molecule has 154 valence electrons. The molecule has 1 aromatic carbocycles. The molecule has 0 bridgehead atoms. The van der Waals surface area contributed by atoms with E-state index in [1.165, 1.54) is 38.2 Å². The Labute approximate surface area is 173 Å².